The molecule has 4 rings (SSSR count). The summed E-state index contributed by atoms with van der Waals surface area (Å²) in [4.78, 5) is 41.3. The van der Waals surface area contributed by atoms with Gasteiger partial charge in [0, 0.05) is 6.54 Å². The molecule has 31 heavy (non-hydrogen) atoms. The van der Waals surface area contributed by atoms with E-state index in [2.05, 4.69) is 15.5 Å². The van der Waals surface area contributed by atoms with Gasteiger partial charge >= 0.3 is 6.03 Å². The van der Waals surface area contributed by atoms with E-state index in [1.807, 2.05) is 24.3 Å². The highest BCUT2D eigenvalue weighted by Gasteiger charge is 2.52. The van der Waals surface area contributed by atoms with E-state index in [-0.39, 0.29) is 24.4 Å². The first-order valence-corrected chi connectivity index (χ1v) is 11.3. The minimum Gasteiger partial charge on any atom is -0.497 e. The third-order valence-electron chi connectivity index (χ3n) is 6.83. The summed E-state index contributed by atoms with van der Waals surface area (Å²) in [6, 6.07) is 7.52. The molecule has 0 aromatic heterocycles. The second-order valence-corrected chi connectivity index (χ2v) is 8.80. The van der Waals surface area contributed by atoms with E-state index in [9.17, 15) is 14.4 Å². The molecular weight excluding hydrogens is 396 g/mol. The van der Waals surface area contributed by atoms with Crippen LogP contribution < -0.4 is 15.4 Å². The number of urea groups is 1. The van der Waals surface area contributed by atoms with E-state index in [0.717, 1.165) is 55.0 Å². The monoisotopic (exact) mass is 428 g/mol. The molecule has 2 aliphatic heterocycles. The van der Waals surface area contributed by atoms with E-state index < -0.39 is 11.6 Å². The van der Waals surface area contributed by atoms with E-state index in [1.165, 1.54) is 6.42 Å². The highest BCUT2D eigenvalue weighted by atomic mass is 16.5. The molecule has 2 heterocycles. The summed E-state index contributed by atoms with van der Waals surface area (Å²) in [7, 11) is 1.64. The molecule has 2 saturated heterocycles. The summed E-state index contributed by atoms with van der Waals surface area (Å²) in [5, 5.41) is 5.79. The van der Waals surface area contributed by atoms with Gasteiger partial charge in [0.1, 0.15) is 17.8 Å². The number of ether oxygens (including phenoxy) is 1. The Kier molecular flexibility index (Phi) is 6.46. The van der Waals surface area contributed by atoms with Crippen LogP contribution in [-0.2, 0) is 9.59 Å². The lowest BCUT2D eigenvalue weighted by Gasteiger charge is -2.35. The number of benzene rings is 1. The van der Waals surface area contributed by atoms with Crippen LogP contribution in [0.1, 0.15) is 56.6 Å². The van der Waals surface area contributed by atoms with Crippen molar-refractivity contribution in [1.82, 2.24) is 20.4 Å². The molecule has 3 aliphatic rings. The SMILES string of the molecule is COc1ccc([C@H](CNC(=O)CN2C(=O)NC3(CCCC3)C2=O)N2CCCCC2)cc1. The number of nitrogens with one attached hydrogen (secondary N) is 2. The van der Waals surface area contributed by atoms with Crippen LogP contribution >= 0.6 is 0 Å². The van der Waals surface area contributed by atoms with Gasteiger partial charge in [-0.3, -0.25) is 19.4 Å². The number of carbonyl (C=O) groups is 3. The van der Waals surface area contributed by atoms with E-state index >= 15 is 0 Å². The summed E-state index contributed by atoms with van der Waals surface area (Å²) in [6.45, 7) is 2.17. The van der Waals surface area contributed by atoms with Crippen molar-refractivity contribution in [2.75, 3.05) is 33.3 Å². The lowest BCUT2D eigenvalue weighted by atomic mass is 9.98. The molecule has 168 valence electrons. The van der Waals surface area contributed by atoms with Crippen LogP contribution in [0.25, 0.3) is 0 Å². The van der Waals surface area contributed by atoms with Gasteiger partial charge in [-0.25, -0.2) is 4.79 Å². The predicted molar refractivity (Wildman–Crippen MR) is 116 cm³/mol. The largest absolute Gasteiger partial charge is 0.497 e. The molecule has 1 atom stereocenters. The van der Waals surface area contributed by atoms with Crippen molar-refractivity contribution in [3.63, 3.8) is 0 Å². The summed E-state index contributed by atoms with van der Waals surface area (Å²) in [5.41, 5.74) is 0.333. The molecule has 0 radical (unpaired) electrons. The number of nitrogens with zero attached hydrogens (tertiary/aromatic N) is 2. The molecule has 2 N–H and O–H groups in total. The van der Waals surface area contributed by atoms with Crippen molar-refractivity contribution in [3.8, 4) is 5.75 Å². The van der Waals surface area contributed by atoms with E-state index in [0.29, 0.717) is 19.4 Å². The summed E-state index contributed by atoms with van der Waals surface area (Å²) in [5.74, 6) is 0.228. The Morgan fingerprint density at radius 3 is 2.42 bits per heavy atom. The molecular formula is C23H32N4O4. The van der Waals surface area contributed by atoms with Crippen LogP contribution in [0.2, 0.25) is 0 Å². The average molecular weight is 429 g/mol. The molecule has 1 saturated carbocycles. The van der Waals surface area contributed by atoms with Gasteiger partial charge in [0.2, 0.25) is 5.91 Å². The van der Waals surface area contributed by atoms with Crippen LogP contribution in [0.4, 0.5) is 4.79 Å². The van der Waals surface area contributed by atoms with E-state index in [4.69, 9.17) is 4.74 Å². The third kappa shape index (κ3) is 4.54. The Balaban J connectivity index is 1.39. The molecule has 3 fully saturated rings. The second kappa shape index (κ2) is 9.26. The topological polar surface area (TPSA) is 91.0 Å². The molecule has 1 aromatic carbocycles. The predicted octanol–water partition coefficient (Wildman–Crippen LogP) is 2.20. The fraction of sp³-hybridized carbons (Fsp3) is 0.609. The Morgan fingerprint density at radius 1 is 1.10 bits per heavy atom. The number of methoxy groups -OCH3 is 1. The van der Waals surface area contributed by atoms with Gasteiger partial charge in [-0.2, -0.15) is 0 Å². The van der Waals surface area contributed by atoms with Gasteiger partial charge in [-0.1, -0.05) is 31.4 Å². The van der Waals surface area contributed by atoms with Crippen molar-refractivity contribution in [1.29, 1.82) is 0 Å². The standard InChI is InChI=1S/C23H32N4O4/c1-31-18-9-7-17(8-10-18)19(26-13-5-2-6-14-26)15-24-20(28)16-27-21(29)23(25-22(27)30)11-3-4-12-23/h7-10,19H,2-6,11-16H2,1H3,(H,24,28)(H,25,30)/t19-/m0/s1. The Bertz CT molecular complexity index is 813. The maximum absolute atomic E-state index is 12.8. The van der Waals surface area contributed by atoms with Crippen molar-refractivity contribution in [3.05, 3.63) is 29.8 Å². The maximum atomic E-state index is 12.8. The first kappa shape index (κ1) is 21.6. The number of amides is 4. The van der Waals surface area contributed by atoms with Gasteiger partial charge in [0.25, 0.3) is 5.91 Å². The number of piperidine rings is 1. The lowest BCUT2D eigenvalue weighted by Crippen LogP contribution is -2.46. The Morgan fingerprint density at radius 2 is 1.77 bits per heavy atom. The van der Waals surface area contributed by atoms with Gasteiger partial charge in [-0.05, 0) is 56.5 Å². The zero-order chi connectivity index (χ0) is 21.8. The van der Waals surface area contributed by atoms with Gasteiger partial charge < -0.3 is 15.4 Å². The zero-order valence-corrected chi connectivity index (χ0v) is 18.2. The number of rotatable bonds is 7. The average Bonchev–Trinajstić information content (AvgIpc) is 3.35. The maximum Gasteiger partial charge on any atom is 0.325 e. The van der Waals surface area contributed by atoms with Crippen molar-refractivity contribution in [2.45, 2.75) is 56.5 Å². The molecule has 8 nitrogen and oxygen atoms in total. The summed E-state index contributed by atoms with van der Waals surface area (Å²) >= 11 is 0. The molecule has 4 amide bonds. The fourth-order valence-electron chi connectivity index (χ4n) is 5.06. The van der Waals surface area contributed by atoms with Gasteiger partial charge in [0.05, 0.1) is 13.2 Å². The number of carbonyl (C=O) groups excluding carboxylic acids is 3. The third-order valence-corrected chi connectivity index (χ3v) is 6.83. The quantitative estimate of drug-likeness (QED) is 0.650. The van der Waals surface area contributed by atoms with Crippen LogP contribution in [0, 0.1) is 0 Å². The van der Waals surface area contributed by atoms with E-state index in [1.54, 1.807) is 7.11 Å². The number of hydrogen-bond acceptors (Lipinski definition) is 5. The molecule has 1 spiro atoms. The summed E-state index contributed by atoms with van der Waals surface area (Å²) < 4.78 is 5.27. The number of likely N-dealkylation sites (tertiary alicyclic amines) is 1. The van der Waals surface area contributed by atoms with Gasteiger partial charge in [0.15, 0.2) is 0 Å². The van der Waals surface area contributed by atoms with Crippen LogP contribution in [0.5, 0.6) is 5.75 Å². The summed E-state index contributed by atoms with van der Waals surface area (Å²) in [6.07, 6.45) is 6.67. The van der Waals surface area contributed by atoms with Crippen LogP contribution in [-0.4, -0.2) is 66.5 Å². The minimum atomic E-state index is -0.781. The molecule has 0 bridgehead atoms. The normalized spacial score (nSPS) is 21.9. The molecule has 1 aliphatic carbocycles. The minimum absolute atomic E-state index is 0.0411. The second-order valence-electron chi connectivity index (χ2n) is 8.80. The van der Waals surface area contributed by atoms with Crippen LogP contribution in [0.15, 0.2) is 24.3 Å². The smallest absolute Gasteiger partial charge is 0.325 e. The number of imide groups is 1. The Labute approximate surface area is 183 Å². The first-order valence-electron chi connectivity index (χ1n) is 11.3. The molecule has 8 heteroatoms. The first-order chi connectivity index (χ1) is 15.0. The fourth-order valence-corrected chi connectivity index (χ4v) is 5.06. The number of hydrogen-bond donors (Lipinski definition) is 2. The Hall–Kier alpha value is -2.61. The van der Waals surface area contributed by atoms with Crippen LogP contribution in [0.3, 0.4) is 0 Å². The highest BCUT2D eigenvalue weighted by Crippen LogP contribution is 2.35. The highest BCUT2D eigenvalue weighted by molar-refractivity contribution is 6.09. The molecule has 0 unspecified atom stereocenters. The lowest BCUT2D eigenvalue weighted by molar-refractivity contribution is -0.134. The van der Waals surface area contributed by atoms with Crippen molar-refractivity contribution < 1.29 is 19.1 Å². The molecule has 1 aromatic rings. The van der Waals surface area contributed by atoms with Crippen molar-refractivity contribution in [2.24, 2.45) is 0 Å². The van der Waals surface area contributed by atoms with Gasteiger partial charge in [-0.15, -0.1) is 0 Å². The zero-order valence-electron chi connectivity index (χ0n) is 18.2. The van der Waals surface area contributed by atoms with Crippen molar-refractivity contribution >= 4 is 17.8 Å².